The molecule has 68 valence electrons. The van der Waals surface area contributed by atoms with Crippen molar-refractivity contribution in [2.75, 3.05) is 6.61 Å². The van der Waals surface area contributed by atoms with Gasteiger partial charge in [-0.25, -0.2) is 0 Å². The Hall–Kier alpha value is -1.10. The fraction of sp³-hybridized carbons (Fsp3) is 0.714. The molecule has 0 saturated carbocycles. The average Bonchev–Trinajstić information content (AvgIpc) is 2.36. The molecule has 5 nitrogen and oxygen atoms in total. The first-order valence-corrected chi connectivity index (χ1v) is 3.76. The summed E-state index contributed by atoms with van der Waals surface area (Å²) in [6.07, 6.45) is 0.552. The highest BCUT2D eigenvalue weighted by Gasteiger charge is 2.28. The number of nitrogens with one attached hydrogen (secondary N) is 1. The van der Waals surface area contributed by atoms with E-state index in [1.54, 1.807) is 0 Å². The number of hydrogen-bond acceptors (Lipinski definition) is 4. The van der Waals surface area contributed by atoms with Crippen molar-refractivity contribution in [3.8, 4) is 0 Å². The summed E-state index contributed by atoms with van der Waals surface area (Å²) in [6, 6.07) is -1.16. The van der Waals surface area contributed by atoms with E-state index in [1.807, 2.05) is 0 Å². The van der Waals surface area contributed by atoms with E-state index in [1.165, 1.54) is 6.92 Å². The fourth-order valence-corrected chi connectivity index (χ4v) is 1.02. The van der Waals surface area contributed by atoms with Crippen molar-refractivity contribution < 1.29 is 19.4 Å². The molecular weight excluding hydrogens is 162 g/mol. The second-order valence-electron chi connectivity index (χ2n) is 2.74. The Morgan fingerprint density at radius 3 is 2.92 bits per heavy atom. The van der Waals surface area contributed by atoms with E-state index in [2.05, 4.69) is 10.1 Å². The zero-order chi connectivity index (χ0) is 9.14. The van der Waals surface area contributed by atoms with Crippen LogP contribution in [0, 0.1) is 0 Å². The number of aliphatic carboxylic acids is 1. The lowest BCUT2D eigenvalue weighted by molar-refractivity contribution is -0.141. The summed E-state index contributed by atoms with van der Waals surface area (Å²) < 4.78 is 4.65. The first kappa shape index (κ1) is 8.99. The lowest BCUT2D eigenvalue weighted by Gasteiger charge is -2.11. The van der Waals surface area contributed by atoms with Crippen LogP contribution in [-0.4, -0.2) is 35.7 Å². The fourth-order valence-electron chi connectivity index (χ4n) is 1.02. The maximum absolute atomic E-state index is 10.9. The number of esters is 1. The van der Waals surface area contributed by atoms with Gasteiger partial charge in [-0.3, -0.25) is 14.9 Å². The van der Waals surface area contributed by atoms with Gasteiger partial charge in [-0.15, -0.1) is 0 Å². The van der Waals surface area contributed by atoms with Crippen LogP contribution in [0.5, 0.6) is 0 Å². The molecule has 5 heteroatoms. The number of hydrogen-bond donors (Lipinski definition) is 2. The molecule has 2 atom stereocenters. The highest BCUT2D eigenvalue weighted by atomic mass is 16.5. The van der Waals surface area contributed by atoms with Crippen molar-refractivity contribution in [1.29, 1.82) is 0 Å². The zero-order valence-corrected chi connectivity index (χ0v) is 6.74. The van der Waals surface area contributed by atoms with E-state index in [0.717, 1.165) is 0 Å². The molecule has 0 aromatic rings. The van der Waals surface area contributed by atoms with E-state index in [4.69, 9.17) is 5.11 Å². The Bertz CT molecular complexity index is 204. The van der Waals surface area contributed by atoms with Crippen molar-refractivity contribution in [3.63, 3.8) is 0 Å². The van der Waals surface area contributed by atoms with Crippen LogP contribution in [0.15, 0.2) is 0 Å². The van der Waals surface area contributed by atoms with Gasteiger partial charge in [0.2, 0.25) is 0 Å². The summed E-state index contributed by atoms with van der Waals surface area (Å²) in [7, 11) is 0. The van der Waals surface area contributed by atoms with E-state index in [0.29, 0.717) is 13.0 Å². The molecule has 0 aliphatic carbocycles. The van der Waals surface area contributed by atoms with Gasteiger partial charge in [0.25, 0.3) is 0 Å². The second kappa shape index (κ2) is 3.53. The molecule has 0 amide bonds. The molecule has 0 spiro atoms. The molecule has 1 fully saturated rings. The highest BCUT2D eigenvalue weighted by molar-refractivity contribution is 5.79. The maximum atomic E-state index is 10.9. The van der Waals surface area contributed by atoms with Crippen molar-refractivity contribution >= 4 is 11.9 Å². The molecule has 0 aromatic carbocycles. The van der Waals surface area contributed by atoms with E-state index in [-0.39, 0.29) is 5.97 Å². The van der Waals surface area contributed by atoms with E-state index < -0.39 is 18.1 Å². The summed E-state index contributed by atoms with van der Waals surface area (Å²) >= 11 is 0. The van der Waals surface area contributed by atoms with Crippen molar-refractivity contribution in [2.45, 2.75) is 25.4 Å². The monoisotopic (exact) mass is 173 g/mol. The summed E-state index contributed by atoms with van der Waals surface area (Å²) in [6.45, 7) is 1.87. The highest BCUT2D eigenvalue weighted by Crippen LogP contribution is 2.06. The number of carboxylic acids is 1. The molecule has 1 aliphatic heterocycles. The van der Waals surface area contributed by atoms with Gasteiger partial charge in [0.15, 0.2) is 0 Å². The maximum Gasteiger partial charge on any atom is 0.323 e. The number of rotatable bonds is 3. The van der Waals surface area contributed by atoms with Crippen molar-refractivity contribution in [2.24, 2.45) is 0 Å². The van der Waals surface area contributed by atoms with Gasteiger partial charge in [-0.2, -0.15) is 0 Å². The van der Waals surface area contributed by atoms with Crippen LogP contribution in [0.4, 0.5) is 0 Å². The smallest absolute Gasteiger partial charge is 0.323 e. The SMILES string of the molecule is C[C@@H](NC1CCOC1=O)C(=O)O. The van der Waals surface area contributed by atoms with Crippen LogP contribution in [-0.2, 0) is 14.3 Å². The van der Waals surface area contributed by atoms with Crippen molar-refractivity contribution in [3.05, 3.63) is 0 Å². The molecule has 1 aliphatic rings. The predicted octanol–water partition coefficient (Wildman–Crippen LogP) is -0.635. The van der Waals surface area contributed by atoms with Crippen LogP contribution in [0.3, 0.4) is 0 Å². The van der Waals surface area contributed by atoms with Gasteiger partial charge in [0.05, 0.1) is 6.61 Å². The second-order valence-corrected chi connectivity index (χ2v) is 2.74. The van der Waals surface area contributed by atoms with E-state index >= 15 is 0 Å². The van der Waals surface area contributed by atoms with Gasteiger partial charge < -0.3 is 9.84 Å². The summed E-state index contributed by atoms with van der Waals surface area (Å²) in [5, 5.41) is 11.2. The third-order valence-electron chi connectivity index (χ3n) is 1.76. The molecule has 12 heavy (non-hydrogen) atoms. The minimum Gasteiger partial charge on any atom is -0.480 e. The molecule has 1 unspecified atom stereocenters. The molecule has 0 bridgehead atoms. The Balaban J connectivity index is 2.40. The van der Waals surface area contributed by atoms with Crippen LogP contribution >= 0.6 is 0 Å². The van der Waals surface area contributed by atoms with Crippen LogP contribution in [0.2, 0.25) is 0 Å². The summed E-state index contributed by atoms with van der Waals surface area (Å²) in [5.74, 6) is -1.32. The number of carboxylic acid groups (broad SMARTS) is 1. The van der Waals surface area contributed by atoms with E-state index in [9.17, 15) is 9.59 Å². The first-order valence-electron chi connectivity index (χ1n) is 3.76. The lowest BCUT2D eigenvalue weighted by Crippen LogP contribution is -2.43. The van der Waals surface area contributed by atoms with Gasteiger partial charge in [-0.05, 0) is 6.92 Å². The van der Waals surface area contributed by atoms with Crippen LogP contribution < -0.4 is 5.32 Å². The predicted molar refractivity (Wildman–Crippen MR) is 39.6 cm³/mol. The number of ether oxygens (including phenoxy) is 1. The van der Waals surface area contributed by atoms with Gasteiger partial charge in [0.1, 0.15) is 12.1 Å². The zero-order valence-electron chi connectivity index (χ0n) is 6.74. The first-order chi connectivity index (χ1) is 5.61. The Kier molecular flexibility index (Phi) is 2.65. The summed E-state index contributed by atoms with van der Waals surface area (Å²) in [4.78, 5) is 21.2. The number of carbonyl (C=O) groups is 2. The average molecular weight is 173 g/mol. The Labute approximate surface area is 69.7 Å². The molecule has 0 radical (unpaired) electrons. The normalized spacial score (nSPS) is 25.1. The number of cyclic esters (lactones) is 1. The molecular formula is C7H11NO4. The van der Waals surface area contributed by atoms with Crippen LogP contribution in [0.25, 0.3) is 0 Å². The molecule has 1 saturated heterocycles. The molecule has 0 aromatic heterocycles. The Morgan fingerprint density at radius 2 is 2.50 bits per heavy atom. The van der Waals surface area contributed by atoms with Crippen molar-refractivity contribution in [1.82, 2.24) is 5.32 Å². The topological polar surface area (TPSA) is 75.6 Å². The molecule has 2 N–H and O–H groups in total. The minimum atomic E-state index is -0.963. The minimum absolute atomic E-state index is 0.358. The summed E-state index contributed by atoms with van der Waals surface area (Å²) in [5.41, 5.74) is 0. The standard InChI is InChI=1S/C7H11NO4/c1-4(6(9)10)8-5-2-3-12-7(5)11/h4-5,8H,2-3H2,1H3,(H,9,10)/t4-,5?/m1/s1. The number of carbonyl (C=O) groups excluding carboxylic acids is 1. The molecule has 1 heterocycles. The molecule has 1 rings (SSSR count). The van der Waals surface area contributed by atoms with Gasteiger partial charge in [-0.1, -0.05) is 0 Å². The Morgan fingerprint density at radius 1 is 1.83 bits per heavy atom. The van der Waals surface area contributed by atoms with Crippen LogP contribution in [0.1, 0.15) is 13.3 Å². The quantitative estimate of drug-likeness (QED) is 0.555. The third kappa shape index (κ3) is 1.94. The van der Waals surface area contributed by atoms with Gasteiger partial charge >= 0.3 is 11.9 Å². The third-order valence-corrected chi connectivity index (χ3v) is 1.76. The van der Waals surface area contributed by atoms with Gasteiger partial charge in [0, 0.05) is 6.42 Å². The lowest BCUT2D eigenvalue weighted by atomic mass is 10.2. The largest absolute Gasteiger partial charge is 0.480 e.